The Morgan fingerprint density at radius 1 is 1.26 bits per heavy atom. The summed E-state index contributed by atoms with van der Waals surface area (Å²) in [4.78, 5) is 18.4. The van der Waals surface area contributed by atoms with Crippen LogP contribution in [0.2, 0.25) is 0 Å². The molecule has 0 saturated carbocycles. The number of thiophene rings is 1. The van der Waals surface area contributed by atoms with Crippen molar-refractivity contribution in [3.63, 3.8) is 0 Å². The van der Waals surface area contributed by atoms with E-state index in [2.05, 4.69) is 84.4 Å². The lowest BCUT2D eigenvalue weighted by Crippen LogP contribution is -2.13. The van der Waals surface area contributed by atoms with Crippen LogP contribution in [-0.4, -0.2) is 16.8 Å². The second kappa shape index (κ2) is 16.9. The molecule has 3 N–H and O–H groups in total. The van der Waals surface area contributed by atoms with E-state index < -0.39 is 0 Å². The van der Waals surface area contributed by atoms with Crippen molar-refractivity contribution in [2.45, 2.75) is 99.8 Å². The van der Waals surface area contributed by atoms with E-state index in [0.717, 1.165) is 54.6 Å². The number of aliphatic imine (C=N–C) groups is 1. The maximum atomic E-state index is 12.7. The molecule has 2 heterocycles. The van der Waals surface area contributed by atoms with Crippen LogP contribution in [0.1, 0.15) is 108 Å². The van der Waals surface area contributed by atoms with E-state index in [0.29, 0.717) is 17.7 Å². The number of aromatic nitrogens is 1. The smallest absolute Gasteiger partial charge is 0.259 e. The molecule has 6 nitrogen and oxygen atoms in total. The summed E-state index contributed by atoms with van der Waals surface area (Å²) in [7, 11) is 0. The van der Waals surface area contributed by atoms with Gasteiger partial charge in [0.2, 0.25) is 5.88 Å². The predicted molar refractivity (Wildman–Crippen MR) is 169 cm³/mol. The maximum Gasteiger partial charge on any atom is 0.259 e. The van der Waals surface area contributed by atoms with Gasteiger partial charge in [-0.15, -0.1) is 11.3 Å². The molecule has 1 amide bonds. The molecule has 0 aliphatic heterocycles. The minimum absolute atomic E-state index is 0.105. The summed E-state index contributed by atoms with van der Waals surface area (Å²) in [6.07, 6.45) is 12.1. The Labute approximate surface area is 240 Å². The molecule has 0 spiro atoms. The zero-order valence-corrected chi connectivity index (χ0v) is 26.4. The Balaban J connectivity index is 0.000000439. The van der Waals surface area contributed by atoms with Crippen molar-refractivity contribution in [2.24, 2.45) is 22.6 Å². The molecular formula is C32H50N4O2S. The van der Waals surface area contributed by atoms with Crippen molar-refractivity contribution >= 4 is 28.8 Å². The van der Waals surface area contributed by atoms with Gasteiger partial charge in [-0.25, -0.2) is 0 Å². The van der Waals surface area contributed by atoms with E-state index in [1.807, 2.05) is 23.7 Å². The second-order valence-corrected chi connectivity index (χ2v) is 12.1. The molecule has 1 unspecified atom stereocenters. The molecule has 216 valence electrons. The fraction of sp³-hybridized carbons (Fsp3) is 0.531. The minimum atomic E-state index is -0.110. The zero-order chi connectivity index (χ0) is 29.6. The number of carbonyl (C=O) groups is 1. The normalized spacial score (nSPS) is 13.4. The molecule has 2 rings (SSSR count). The zero-order valence-electron chi connectivity index (χ0n) is 25.6. The highest BCUT2D eigenvalue weighted by Gasteiger charge is 2.22. The molecule has 2 aromatic rings. The van der Waals surface area contributed by atoms with Gasteiger partial charge in [0.05, 0.1) is 11.3 Å². The van der Waals surface area contributed by atoms with Crippen molar-refractivity contribution in [1.82, 2.24) is 5.16 Å². The summed E-state index contributed by atoms with van der Waals surface area (Å²) in [5.74, 6) is 1.31. The summed E-state index contributed by atoms with van der Waals surface area (Å²) >= 11 is 1.69. The van der Waals surface area contributed by atoms with Gasteiger partial charge in [-0.2, -0.15) is 0 Å². The average molecular weight is 555 g/mol. The van der Waals surface area contributed by atoms with Crippen LogP contribution < -0.4 is 11.1 Å². The SMILES string of the molecule is C=C\C(=C/N=C(\C=C/N)C(C)CC)CC.CCCc1c(C(=O)Nc2cc(C(C)(C)C)no2)csc1CC(C)C. The number of hydrogen-bond donors (Lipinski definition) is 2. The molecule has 0 aromatic carbocycles. The number of hydrogen-bond acceptors (Lipinski definition) is 6. The Morgan fingerprint density at radius 2 is 1.95 bits per heavy atom. The molecule has 0 aliphatic rings. The van der Waals surface area contributed by atoms with Gasteiger partial charge in [-0.3, -0.25) is 15.1 Å². The molecule has 1 atom stereocenters. The van der Waals surface area contributed by atoms with Gasteiger partial charge in [0.25, 0.3) is 5.91 Å². The summed E-state index contributed by atoms with van der Waals surface area (Å²) in [6.45, 7) is 22.9. The van der Waals surface area contributed by atoms with E-state index in [-0.39, 0.29) is 11.3 Å². The first-order valence-electron chi connectivity index (χ1n) is 14.1. The van der Waals surface area contributed by atoms with E-state index >= 15 is 0 Å². The van der Waals surface area contributed by atoms with Gasteiger partial charge >= 0.3 is 0 Å². The van der Waals surface area contributed by atoms with E-state index in [9.17, 15) is 4.79 Å². The third-order valence-electron chi connectivity index (χ3n) is 6.27. The van der Waals surface area contributed by atoms with Gasteiger partial charge < -0.3 is 10.3 Å². The van der Waals surface area contributed by atoms with Crippen molar-refractivity contribution in [3.05, 3.63) is 69.8 Å². The van der Waals surface area contributed by atoms with Gasteiger partial charge in [-0.1, -0.05) is 86.5 Å². The standard InChI is InChI=1S/C19H28N2O2S.C13H22N2/c1-7-8-13-14(11-24-15(13)9-12(2)3)18(22)20-17-10-16(21-23-17)19(4,5)6;1-5-11(4)13(8-9-14)15-10-12(6-2)7-3/h10-12H,7-9H2,1-6H3,(H,20,22);6,8-11H,2,5,7,14H2,1,3-4H3/b;9-8-,12-10+,15-13+. The molecule has 0 bridgehead atoms. The van der Waals surface area contributed by atoms with Crippen molar-refractivity contribution < 1.29 is 9.32 Å². The molecular weight excluding hydrogens is 504 g/mol. The number of amides is 1. The number of anilines is 1. The van der Waals surface area contributed by atoms with Crippen LogP contribution in [0, 0.1) is 11.8 Å². The number of allylic oxidation sites excluding steroid dienone is 3. The van der Waals surface area contributed by atoms with Gasteiger partial charge in [0, 0.05) is 33.7 Å². The van der Waals surface area contributed by atoms with Crippen LogP contribution in [0.15, 0.2) is 57.7 Å². The first-order valence-corrected chi connectivity index (χ1v) is 14.9. The lowest BCUT2D eigenvalue weighted by molar-refractivity contribution is 0.102. The van der Waals surface area contributed by atoms with E-state index in [4.69, 9.17) is 10.3 Å². The highest BCUT2D eigenvalue weighted by Crippen LogP contribution is 2.29. The lowest BCUT2D eigenvalue weighted by atomic mass is 9.92. The summed E-state index contributed by atoms with van der Waals surface area (Å²) in [5, 5.41) is 8.88. The van der Waals surface area contributed by atoms with Gasteiger partial charge in [0.15, 0.2) is 0 Å². The molecule has 0 fully saturated rings. The number of nitrogens with one attached hydrogen (secondary N) is 1. The number of nitrogens with two attached hydrogens (primary N) is 1. The van der Waals surface area contributed by atoms with Gasteiger partial charge in [-0.05, 0) is 60.9 Å². The molecule has 7 heteroatoms. The number of carbonyl (C=O) groups excluding carboxylic acids is 1. The molecule has 0 radical (unpaired) electrons. The second-order valence-electron chi connectivity index (χ2n) is 11.2. The van der Waals surface area contributed by atoms with Crippen LogP contribution in [0.4, 0.5) is 5.88 Å². The Kier molecular flexibility index (Phi) is 14.8. The molecule has 0 saturated heterocycles. The predicted octanol–water partition coefficient (Wildman–Crippen LogP) is 8.86. The van der Waals surface area contributed by atoms with Crippen LogP contribution >= 0.6 is 11.3 Å². The van der Waals surface area contributed by atoms with Crippen LogP contribution in [0.3, 0.4) is 0 Å². The van der Waals surface area contributed by atoms with Crippen molar-refractivity contribution in [1.29, 1.82) is 0 Å². The summed E-state index contributed by atoms with van der Waals surface area (Å²) in [5.41, 5.74) is 10.2. The lowest BCUT2D eigenvalue weighted by Gasteiger charge is -2.12. The van der Waals surface area contributed by atoms with E-state index in [1.54, 1.807) is 23.6 Å². The largest absolute Gasteiger partial charge is 0.405 e. The maximum absolute atomic E-state index is 12.7. The Bertz CT molecular complexity index is 1130. The fourth-order valence-electron chi connectivity index (χ4n) is 3.63. The highest BCUT2D eigenvalue weighted by molar-refractivity contribution is 7.10. The molecule has 2 aromatic heterocycles. The monoisotopic (exact) mass is 554 g/mol. The fourth-order valence-corrected chi connectivity index (χ4v) is 4.93. The van der Waals surface area contributed by atoms with Crippen LogP contribution in [-0.2, 0) is 18.3 Å². The third kappa shape index (κ3) is 11.4. The first-order chi connectivity index (χ1) is 18.4. The highest BCUT2D eigenvalue weighted by atomic mass is 32.1. The number of nitrogens with zero attached hydrogens (tertiary/aromatic N) is 2. The van der Waals surface area contributed by atoms with E-state index in [1.165, 1.54) is 10.4 Å². The topological polar surface area (TPSA) is 93.5 Å². The summed E-state index contributed by atoms with van der Waals surface area (Å²) < 4.78 is 5.28. The first kappa shape index (κ1) is 34.1. The molecule has 39 heavy (non-hydrogen) atoms. The summed E-state index contributed by atoms with van der Waals surface area (Å²) in [6, 6.07) is 1.80. The Hall–Kier alpha value is -2.93. The molecule has 0 aliphatic carbocycles. The van der Waals surface area contributed by atoms with Crippen LogP contribution in [0.25, 0.3) is 0 Å². The number of rotatable bonds is 12. The minimum Gasteiger partial charge on any atom is -0.405 e. The average Bonchev–Trinajstić information content (AvgIpc) is 3.51. The van der Waals surface area contributed by atoms with Crippen LogP contribution in [0.5, 0.6) is 0 Å². The van der Waals surface area contributed by atoms with Crippen molar-refractivity contribution in [3.8, 4) is 0 Å². The Morgan fingerprint density at radius 3 is 2.44 bits per heavy atom. The quantitative estimate of drug-likeness (QED) is 0.202. The van der Waals surface area contributed by atoms with Gasteiger partial charge in [0.1, 0.15) is 0 Å². The third-order valence-corrected chi connectivity index (χ3v) is 7.32. The van der Waals surface area contributed by atoms with Crippen molar-refractivity contribution in [2.75, 3.05) is 5.32 Å².